The second kappa shape index (κ2) is 16.2. The molecule has 3 N–H and O–H groups in total. The average molecular weight is 908 g/mol. The topological polar surface area (TPSA) is 201 Å². The number of nitrogens with zero attached hydrogens (tertiary/aromatic N) is 5. The Kier molecular flexibility index (Phi) is 11.8. The van der Waals surface area contributed by atoms with Crippen molar-refractivity contribution in [1.29, 1.82) is 0 Å². The van der Waals surface area contributed by atoms with Gasteiger partial charge in [-0.25, -0.2) is 28.2 Å². The summed E-state index contributed by atoms with van der Waals surface area (Å²) in [5.74, 6) is -4.37. The average Bonchev–Trinajstić information content (AvgIpc) is 3.72. The molecule has 3 fully saturated rings. The van der Waals surface area contributed by atoms with Crippen LogP contribution in [0.2, 0.25) is 0 Å². The molecule has 0 radical (unpaired) electrons. The van der Waals surface area contributed by atoms with Crippen LogP contribution in [0.4, 0.5) is 18.0 Å². The summed E-state index contributed by atoms with van der Waals surface area (Å²) < 4.78 is 78.3. The molecule has 21 heteroatoms. The molecular formula is C40H48F3N7O8S3. The van der Waals surface area contributed by atoms with Gasteiger partial charge in [0.1, 0.15) is 56.4 Å². The third-order valence-electron chi connectivity index (χ3n) is 12.4. The molecule has 2 saturated carbocycles. The quantitative estimate of drug-likeness (QED) is 0.205. The van der Waals surface area contributed by atoms with E-state index in [4.69, 9.17) is 9.72 Å². The number of hydrogen-bond acceptors (Lipinski definition) is 12. The molecule has 3 aromatic heterocycles. The smallest absolute Gasteiger partial charge is 0.411 e. The third-order valence-corrected chi connectivity index (χ3v) is 16.1. The molecule has 7 atom stereocenters. The van der Waals surface area contributed by atoms with Crippen LogP contribution in [0.5, 0.6) is 5.75 Å². The summed E-state index contributed by atoms with van der Waals surface area (Å²) in [5, 5.41) is 17.9. The summed E-state index contributed by atoms with van der Waals surface area (Å²) in [7, 11) is -4.13. The van der Waals surface area contributed by atoms with E-state index in [0.717, 1.165) is 4.90 Å². The van der Waals surface area contributed by atoms with Crippen LogP contribution < -0.4 is 14.8 Å². The van der Waals surface area contributed by atoms with Crippen molar-refractivity contribution in [2.24, 2.45) is 17.8 Å². The maximum atomic E-state index is 15.1. The number of alkyl halides is 3. The molecule has 0 aromatic carbocycles. The zero-order valence-corrected chi connectivity index (χ0v) is 36.6. The van der Waals surface area contributed by atoms with Crippen LogP contribution >= 0.6 is 22.7 Å². The van der Waals surface area contributed by atoms with Crippen LogP contribution in [0.25, 0.3) is 21.4 Å². The van der Waals surface area contributed by atoms with Gasteiger partial charge in [0.05, 0.1) is 11.3 Å². The zero-order valence-electron chi connectivity index (χ0n) is 34.1. The molecule has 7 rings (SSSR count). The zero-order chi connectivity index (χ0) is 44.3. The minimum Gasteiger partial charge on any atom is -0.488 e. The van der Waals surface area contributed by atoms with E-state index in [2.05, 4.69) is 20.0 Å². The van der Waals surface area contributed by atoms with Crippen molar-refractivity contribution in [2.45, 2.75) is 120 Å². The molecule has 15 nitrogen and oxygen atoms in total. The largest absolute Gasteiger partial charge is 0.488 e. The second-order valence-corrected chi connectivity index (χ2v) is 21.3. The number of rotatable bonds is 9. The van der Waals surface area contributed by atoms with Gasteiger partial charge in [-0.3, -0.25) is 24.0 Å². The Morgan fingerprint density at radius 3 is 2.21 bits per heavy atom. The molecule has 2 aliphatic carbocycles. The van der Waals surface area contributed by atoms with E-state index in [1.54, 1.807) is 41.4 Å². The van der Waals surface area contributed by atoms with Crippen LogP contribution in [0.3, 0.4) is 0 Å². The number of fused-ring (bicyclic) bond motifs is 2. The van der Waals surface area contributed by atoms with E-state index in [1.807, 2.05) is 13.0 Å². The number of amides is 4. The minimum atomic E-state index is -5.10. The SMILES string of the molecule is C[C@H]1CCC=C[C@@H]2C[C@@]2(C(=O)NS(=O)(=O)C2(C)CC2)NC(=O)[C@@H]2C[C@@H](Oc3cc(-c4nccs4)nc(-c4nccs4)c3)CN2C(=O)[C@@H](N(C(=O)O)C(C)(C)C(F)(F)F)[C@H](C)C1. The van der Waals surface area contributed by atoms with Crippen molar-refractivity contribution in [1.82, 2.24) is 34.8 Å². The van der Waals surface area contributed by atoms with E-state index >= 15 is 4.79 Å². The first-order valence-corrected chi connectivity index (χ1v) is 23.2. The lowest BCUT2D eigenvalue weighted by molar-refractivity contribution is -0.222. The molecule has 4 aliphatic rings. The van der Waals surface area contributed by atoms with E-state index in [0.29, 0.717) is 60.9 Å². The summed E-state index contributed by atoms with van der Waals surface area (Å²) in [5.41, 5.74) is -3.87. The number of carbonyl (C=O) groups excluding carboxylic acids is 3. The van der Waals surface area contributed by atoms with Gasteiger partial charge in [-0.05, 0) is 71.1 Å². The number of nitrogens with one attached hydrogen (secondary N) is 2. The highest BCUT2D eigenvalue weighted by molar-refractivity contribution is 7.91. The summed E-state index contributed by atoms with van der Waals surface area (Å²) >= 11 is 2.66. The van der Waals surface area contributed by atoms with Crippen LogP contribution in [-0.2, 0) is 24.4 Å². The highest BCUT2D eigenvalue weighted by atomic mass is 32.2. The van der Waals surface area contributed by atoms with Crippen LogP contribution in [0.1, 0.15) is 79.6 Å². The number of hydrogen-bond donors (Lipinski definition) is 3. The minimum absolute atomic E-state index is 0.0474. The number of carbonyl (C=O) groups is 4. The van der Waals surface area contributed by atoms with Gasteiger partial charge < -0.3 is 20.1 Å². The number of sulfonamides is 1. The Balaban J connectivity index is 1.29. The first-order chi connectivity index (χ1) is 28.6. The number of aromatic nitrogens is 3. The third kappa shape index (κ3) is 8.74. The van der Waals surface area contributed by atoms with Gasteiger partial charge in [0.25, 0.3) is 5.91 Å². The molecule has 4 amide bonds. The van der Waals surface area contributed by atoms with E-state index in [1.165, 1.54) is 36.5 Å². The molecule has 0 bridgehead atoms. The summed E-state index contributed by atoms with van der Waals surface area (Å²) in [6, 6.07) is -0.139. The maximum absolute atomic E-state index is 15.1. The Hall–Kier alpha value is -4.63. The van der Waals surface area contributed by atoms with Gasteiger partial charge in [-0.2, -0.15) is 13.2 Å². The lowest BCUT2D eigenvalue weighted by Gasteiger charge is -2.45. The predicted octanol–water partition coefficient (Wildman–Crippen LogP) is 6.25. The molecule has 2 aliphatic heterocycles. The van der Waals surface area contributed by atoms with Gasteiger partial charge in [-0.15, -0.1) is 22.7 Å². The van der Waals surface area contributed by atoms with Gasteiger partial charge in [0.2, 0.25) is 21.8 Å². The fourth-order valence-electron chi connectivity index (χ4n) is 8.27. The fourth-order valence-corrected chi connectivity index (χ4v) is 10.8. The van der Waals surface area contributed by atoms with E-state index < -0.39 is 85.9 Å². The van der Waals surface area contributed by atoms with Gasteiger partial charge in [0.15, 0.2) is 0 Å². The standard InChI is InChI=1S/C40H48F3N7O8S3/c1-22-8-6-7-9-24-20-39(24,35(53)48-61(56,57)38(5)10-11-38)47-31(51)29-19-26(58-25-17-27(32-44-12-14-59-32)46-28(18-25)33-45-13-15-60-33)21-49(29)34(52)30(23(2)16-22)50(36(54)55)37(3,4)40(41,42)43/h7,9,12-15,17-18,22-24,26,29-30H,6,8,10-11,16,19-21H2,1-5H3,(H,47,51)(H,48,53)(H,54,55)/t22-,23+,24+,26+,29-,30-,39+/m0/s1. The van der Waals surface area contributed by atoms with Crippen molar-refractivity contribution in [3.8, 4) is 27.2 Å². The number of allylic oxidation sites excluding steroid dienone is 1. The number of halogens is 3. The number of ether oxygens (including phenoxy) is 1. The van der Waals surface area contributed by atoms with Crippen LogP contribution in [0.15, 0.2) is 47.4 Å². The van der Waals surface area contributed by atoms with Crippen molar-refractivity contribution < 1.29 is 50.6 Å². The predicted molar refractivity (Wildman–Crippen MR) is 220 cm³/mol. The van der Waals surface area contributed by atoms with Crippen molar-refractivity contribution in [2.75, 3.05) is 6.54 Å². The fraction of sp³-hybridized carbons (Fsp3) is 0.575. The lowest BCUT2D eigenvalue weighted by atomic mass is 9.85. The Labute approximate surface area is 359 Å². The highest BCUT2D eigenvalue weighted by Gasteiger charge is 2.64. The van der Waals surface area contributed by atoms with Crippen molar-refractivity contribution in [3.63, 3.8) is 0 Å². The summed E-state index contributed by atoms with van der Waals surface area (Å²) in [6.07, 6.45) is 0.366. The lowest BCUT2D eigenvalue weighted by Crippen LogP contribution is -2.66. The Morgan fingerprint density at radius 1 is 1.05 bits per heavy atom. The molecule has 0 spiro atoms. The number of thiazole rings is 2. The van der Waals surface area contributed by atoms with Crippen molar-refractivity contribution in [3.05, 3.63) is 47.4 Å². The highest BCUT2D eigenvalue weighted by Crippen LogP contribution is 2.48. The Bertz CT molecular complexity index is 2250. The van der Waals surface area contributed by atoms with E-state index in [-0.39, 0.29) is 42.4 Å². The first kappa shape index (κ1) is 44.4. The number of carboxylic acid groups (broad SMARTS) is 1. The Morgan fingerprint density at radius 2 is 1.67 bits per heavy atom. The molecule has 61 heavy (non-hydrogen) atoms. The molecular weight excluding hydrogens is 860 g/mol. The number of pyridine rings is 1. The summed E-state index contributed by atoms with van der Waals surface area (Å²) in [6.45, 7) is 5.93. The van der Waals surface area contributed by atoms with Crippen LogP contribution in [0, 0.1) is 17.8 Å². The van der Waals surface area contributed by atoms with Gasteiger partial charge in [0, 0.05) is 47.6 Å². The normalized spacial score (nSPS) is 28.1. The van der Waals surface area contributed by atoms with Crippen molar-refractivity contribution >= 4 is 56.5 Å². The van der Waals surface area contributed by atoms with Gasteiger partial charge >= 0.3 is 12.3 Å². The maximum Gasteiger partial charge on any atom is 0.411 e. The summed E-state index contributed by atoms with van der Waals surface area (Å²) in [4.78, 5) is 71.4. The van der Waals surface area contributed by atoms with E-state index in [9.17, 15) is 41.1 Å². The molecule has 0 unspecified atom stereocenters. The molecule has 330 valence electrons. The molecule has 5 heterocycles. The first-order valence-electron chi connectivity index (χ1n) is 20.0. The second-order valence-electron chi connectivity index (χ2n) is 17.4. The molecule has 1 saturated heterocycles. The molecule has 3 aromatic rings. The van der Waals surface area contributed by atoms with Crippen LogP contribution in [-0.4, -0.2) is 109 Å². The monoisotopic (exact) mass is 907 g/mol. The van der Waals surface area contributed by atoms with Gasteiger partial charge in [-0.1, -0.05) is 26.0 Å².